The zero-order valence-corrected chi connectivity index (χ0v) is 13.1. The van der Waals surface area contributed by atoms with Crippen LogP contribution in [0.4, 0.5) is 5.69 Å². The minimum atomic E-state index is 0.0361. The van der Waals surface area contributed by atoms with Gasteiger partial charge in [-0.05, 0) is 38.6 Å². The van der Waals surface area contributed by atoms with Crippen LogP contribution in [0.1, 0.15) is 30.1 Å². The molecule has 5 nitrogen and oxygen atoms in total. The van der Waals surface area contributed by atoms with Crippen LogP contribution in [0, 0.1) is 0 Å². The van der Waals surface area contributed by atoms with Crippen LogP contribution in [0.3, 0.4) is 0 Å². The summed E-state index contributed by atoms with van der Waals surface area (Å²) in [6.07, 6.45) is 1.95. The summed E-state index contributed by atoms with van der Waals surface area (Å²) in [5, 5.41) is 0. The third-order valence-corrected chi connectivity index (χ3v) is 4.09. The van der Waals surface area contributed by atoms with E-state index in [1.54, 1.807) is 25.3 Å². The Labute approximate surface area is 126 Å². The van der Waals surface area contributed by atoms with Gasteiger partial charge in [0.25, 0.3) is 5.91 Å². The van der Waals surface area contributed by atoms with E-state index in [-0.39, 0.29) is 11.9 Å². The van der Waals surface area contributed by atoms with Crippen molar-refractivity contribution in [2.45, 2.75) is 25.8 Å². The number of nitrogen functional groups attached to an aromatic ring is 1. The average molecular weight is 291 g/mol. The van der Waals surface area contributed by atoms with Crippen molar-refractivity contribution in [3.8, 4) is 5.75 Å². The Morgan fingerprint density at radius 2 is 2.19 bits per heavy atom. The monoisotopic (exact) mass is 291 g/mol. The zero-order valence-electron chi connectivity index (χ0n) is 13.1. The Balaban J connectivity index is 2.29. The van der Waals surface area contributed by atoms with Crippen LogP contribution in [0.15, 0.2) is 18.2 Å². The molecule has 116 valence electrons. The minimum Gasteiger partial charge on any atom is -0.496 e. The maximum Gasteiger partial charge on any atom is 0.257 e. The van der Waals surface area contributed by atoms with Crippen molar-refractivity contribution in [3.05, 3.63) is 23.8 Å². The van der Waals surface area contributed by atoms with Crippen LogP contribution in [0.25, 0.3) is 0 Å². The summed E-state index contributed by atoms with van der Waals surface area (Å²) in [6, 6.07) is 5.46. The molecule has 1 aromatic carbocycles. The molecule has 0 saturated carbocycles. The van der Waals surface area contributed by atoms with Gasteiger partial charge in [-0.15, -0.1) is 0 Å². The molecule has 1 aliphatic heterocycles. The van der Waals surface area contributed by atoms with Crippen molar-refractivity contribution < 1.29 is 9.53 Å². The summed E-state index contributed by atoms with van der Waals surface area (Å²) < 4.78 is 5.32. The highest BCUT2D eigenvalue weighted by Crippen LogP contribution is 2.25. The molecule has 2 rings (SSSR count). The van der Waals surface area contributed by atoms with Gasteiger partial charge >= 0.3 is 0 Å². The second-order valence-corrected chi connectivity index (χ2v) is 5.64. The van der Waals surface area contributed by atoms with Gasteiger partial charge in [0.1, 0.15) is 5.75 Å². The van der Waals surface area contributed by atoms with Crippen LogP contribution < -0.4 is 10.5 Å². The van der Waals surface area contributed by atoms with Gasteiger partial charge in [-0.3, -0.25) is 4.79 Å². The largest absolute Gasteiger partial charge is 0.496 e. The third-order valence-electron chi connectivity index (χ3n) is 4.09. The van der Waals surface area contributed by atoms with E-state index in [4.69, 9.17) is 10.5 Å². The smallest absolute Gasteiger partial charge is 0.257 e. The molecule has 1 aliphatic rings. The van der Waals surface area contributed by atoms with Crippen molar-refractivity contribution in [1.82, 2.24) is 9.80 Å². The lowest BCUT2D eigenvalue weighted by atomic mass is 10.1. The van der Waals surface area contributed by atoms with Gasteiger partial charge < -0.3 is 20.3 Å². The third kappa shape index (κ3) is 3.47. The highest BCUT2D eigenvalue weighted by molar-refractivity contribution is 5.97. The van der Waals surface area contributed by atoms with Crippen molar-refractivity contribution in [3.63, 3.8) is 0 Å². The average Bonchev–Trinajstić information content (AvgIpc) is 2.67. The Kier molecular flexibility index (Phi) is 5.07. The molecule has 1 amide bonds. The Morgan fingerprint density at radius 1 is 1.43 bits per heavy atom. The summed E-state index contributed by atoms with van der Waals surface area (Å²) >= 11 is 0. The number of carbonyl (C=O) groups excluding carboxylic acids is 1. The Morgan fingerprint density at radius 3 is 2.86 bits per heavy atom. The first-order valence-electron chi connectivity index (χ1n) is 7.49. The Bertz CT molecular complexity index is 504. The zero-order chi connectivity index (χ0) is 15.4. The second-order valence-electron chi connectivity index (χ2n) is 5.64. The molecule has 0 radical (unpaired) electrons. The van der Waals surface area contributed by atoms with Crippen LogP contribution in [0.2, 0.25) is 0 Å². The van der Waals surface area contributed by atoms with E-state index in [1.807, 2.05) is 4.90 Å². The number of nitrogens with two attached hydrogens (primary N) is 1. The van der Waals surface area contributed by atoms with Crippen LogP contribution >= 0.6 is 0 Å². The summed E-state index contributed by atoms with van der Waals surface area (Å²) in [5.74, 6) is 0.585. The molecule has 0 bridgehead atoms. The number of carbonyl (C=O) groups is 1. The topological polar surface area (TPSA) is 58.8 Å². The molecule has 0 aliphatic carbocycles. The number of amides is 1. The normalized spacial score (nSPS) is 20.1. The molecule has 0 aromatic heterocycles. The van der Waals surface area contributed by atoms with Gasteiger partial charge in [-0.1, -0.05) is 6.92 Å². The number of benzene rings is 1. The molecular formula is C16H25N3O2. The highest BCUT2D eigenvalue weighted by atomic mass is 16.5. The number of methoxy groups -OCH3 is 1. The predicted molar refractivity (Wildman–Crippen MR) is 84.6 cm³/mol. The van der Waals surface area contributed by atoms with Gasteiger partial charge in [-0.25, -0.2) is 0 Å². The summed E-state index contributed by atoms with van der Waals surface area (Å²) in [4.78, 5) is 17.2. The van der Waals surface area contributed by atoms with Gasteiger partial charge in [0.15, 0.2) is 0 Å². The number of hydrogen-bond donors (Lipinski definition) is 1. The second kappa shape index (κ2) is 6.80. The number of hydrogen-bond acceptors (Lipinski definition) is 4. The molecule has 1 heterocycles. The highest BCUT2D eigenvalue weighted by Gasteiger charge is 2.28. The predicted octanol–water partition coefficient (Wildman–Crippen LogP) is 1.83. The van der Waals surface area contributed by atoms with Gasteiger partial charge in [-0.2, -0.15) is 0 Å². The lowest BCUT2D eigenvalue weighted by Gasteiger charge is -2.30. The number of nitrogens with zero attached hydrogens (tertiary/aromatic N) is 2. The van der Waals surface area contributed by atoms with Crippen molar-refractivity contribution >= 4 is 11.6 Å². The molecular weight excluding hydrogens is 266 g/mol. The first kappa shape index (κ1) is 15.6. The molecule has 1 fully saturated rings. The summed E-state index contributed by atoms with van der Waals surface area (Å²) in [5.41, 5.74) is 6.96. The first-order chi connectivity index (χ1) is 10.1. The van der Waals surface area contributed by atoms with Crippen LogP contribution in [-0.2, 0) is 0 Å². The fourth-order valence-corrected chi connectivity index (χ4v) is 2.90. The van der Waals surface area contributed by atoms with Crippen LogP contribution in [0.5, 0.6) is 5.75 Å². The van der Waals surface area contributed by atoms with Gasteiger partial charge in [0.05, 0.1) is 12.7 Å². The lowest BCUT2D eigenvalue weighted by Crippen LogP contribution is -2.43. The molecule has 1 aromatic rings. The summed E-state index contributed by atoms with van der Waals surface area (Å²) in [7, 11) is 3.68. The fourth-order valence-electron chi connectivity index (χ4n) is 2.90. The first-order valence-corrected chi connectivity index (χ1v) is 7.49. The molecule has 1 saturated heterocycles. The van der Waals surface area contributed by atoms with E-state index in [0.717, 1.165) is 32.5 Å². The standard InChI is InChI=1S/C16H25N3O2/c1-4-13-11-18(2)8-5-9-19(13)16(20)14-7-6-12(17)10-15(14)21-3/h6-7,10,13H,4-5,8-9,11,17H2,1-3H3. The van der Waals surface area contributed by atoms with Crippen LogP contribution in [-0.4, -0.2) is 55.5 Å². The van der Waals surface area contributed by atoms with E-state index < -0.39 is 0 Å². The van der Waals surface area contributed by atoms with E-state index in [0.29, 0.717) is 17.0 Å². The fraction of sp³-hybridized carbons (Fsp3) is 0.562. The van der Waals surface area contributed by atoms with E-state index in [9.17, 15) is 4.79 Å². The minimum absolute atomic E-state index is 0.0361. The quantitative estimate of drug-likeness (QED) is 0.863. The van der Waals surface area contributed by atoms with Gasteiger partial charge in [0.2, 0.25) is 0 Å². The van der Waals surface area contributed by atoms with Gasteiger partial charge in [0, 0.05) is 30.9 Å². The molecule has 1 atom stereocenters. The lowest BCUT2D eigenvalue weighted by molar-refractivity contribution is 0.0672. The number of anilines is 1. The SMILES string of the molecule is CCC1CN(C)CCCN1C(=O)c1ccc(N)cc1OC. The number of rotatable bonds is 3. The van der Waals surface area contributed by atoms with E-state index in [2.05, 4.69) is 18.9 Å². The molecule has 2 N–H and O–H groups in total. The maximum atomic E-state index is 12.9. The molecule has 21 heavy (non-hydrogen) atoms. The molecule has 5 heteroatoms. The van der Waals surface area contributed by atoms with E-state index in [1.165, 1.54) is 0 Å². The molecule has 1 unspecified atom stereocenters. The van der Waals surface area contributed by atoms with Crippen molar-refractivity contribution in [1.29, 1.82) is 0 Å². The maximum absolute atomic E-state index is 12.9. The molecule has 0 spiro atoms. The van der Waals surface area contributed by atoms with E-state index >= 15 is 0 Å². The van der Waals surface area contributed by atoms with Crippen molar-refractivity contribution in [2.75, 3.05) is 39.5 Å². The van der Waals surface area contributed by atoms with Crippen molar-refractivity contribution in [2.24, 2.45) is 0 Å². The number of ether oxygens (including phenoxy) is 1. The summed E-state index contributed by atoms with van der Waals surface area (Å²) in [6.45, 7) is 4.86. The number of likely N-dealkylation sites (N-methyl/N-ethyl adjacent to an activating group) is 1. The Hall–Kier alpha value is -1.75.